The zero-order valence-corrected chi connectivity index (χ0v) is 20.3. The lowest BCUT2D eigenvalue weighted by Gasteiger charge is -2.57. The van der Waals surface area contributed by atoms with Crippen LogP contribution in [0.4, 0.5) is 0 Å². The molecule has 0 aromatic rings. The summed E-state index contributed by atoms with van der Waals surface area (Å²) in [6.45, 7) is 13.7. The van der Waals surface area contributed by atoms with Crippen LogP contribution in [0.3, 0.4) is 0 Å². The molecule has 2 unspecified atom stereocenters. The highest BCUT2D eigenvalue weighted by Gasteiger charge is 2.57. The number of likely N-dealkylation sites (tertiary alicyclic amines) is 1. The molecule has 0 spiro atoms. The fraction of sp³-hybridized carbons (Fsp3) is 0.889. The Bertz CT molecular complexity index is 657. The van der Waals surface area contributed by atoms with Crippen LogP contribution in [0.1, 0.15) is 84.5 Å². The molecule has 0 aromatic carbocycles. The van der Waals surface area contributed by atoms with Crippen LogP contribution < -0.4 is 0 Å². The topological polar surface area (TPSA) is 38.8 Å². The van der Waals surface area contributed by atoms with Gasteiger partial charge < -0.3 is 14.4 Å². The van der Waals surface area contributed by atoms with Gasteiger partial charge in [-0.25, -0.2) is 0 Å². The predicted octanol–water partition coefficient (Wildman–Crippen LogP) is 5.61. The van der Waals surface area contributed by atoms with E-state index in [1.165, 1.54) is 63.6 Å². The van der Waals surface area contributed by atoms with Crippen molar-refractivity contribution in [3.8, 4) is 0 Å². The zero-order chi connectivity index (χ0) is 22.1. The van der Waals surface area contributed by atoms with Crippen LogP contribution in [0, 0.1) is 28.6 Å². The van der Waals surface area contributed by atoms with Crippen LogP contribution in [-0.2, 0) is 14.3 Å². The van der Waals surface area contributed by atoms with Gasteiger partial charge in [-0.2, -0.15) is 0 Å². The van der Waals surface area contributed by atoms with Gasteiger partial charge in [0.25, 0.3) is 0 Å². The highest BCUT2D eigenvalue weighted by molar-refractivity contribution is 5.77. The number of carbonyl (C=O) groups excluding carboxylic acids is 1. The number of esters is 1. The minimum atomic E-state index is -0.339. The number of hydrogen-bond donors (Lipinski definition) is 0. The van der Waals surface area contributed by atoms with Gasteiger partial charge in [-0.15, -0.1) is 0 Å². The molecular formula is C27H45NO3. The molecule has 31 heavy (non-hydrogen) atoms. The van der Waals surface area contributed by atoms with Crippen LogP contribution in [0.2, 0.25) is 0 Å². The molecule has 0 amide bonds. The van der Waals surface area contributed by atoms with Gasteiger partial charge in [0, 0.05) is 13.2 Å². The minimum absolute atomic E-state index is 0.000440. The second kappa shape index (κ2) is 9.55. The van der Waals surface area contributed by atoms with E-state index in [2.05, 4.69) is 25.3 Å². The molecule has 176 valence electrons. The summed E-state index contributed by atoms with van der Waals surface area (Å²) in [5.41, 5.74) is 1.26. The molecule has 0 bridgehead atoms. The van der Waals surface area contributed by atoms with Gasteiger partial charge in [0.2, 0.25) is 0 Å². The molecule has 2 heterocycles. The molecule has 2 saturated heterocycles. The fourth-order valence-electron chi connectivity index (χ4n) is 7.96. The highest BCUT2D eigenvalue weighted by Crippen LogP contribution is 2.62. The third-order valence-corrected chi connectivity index (χ3v) is 9.73. The van der Waals surface area contributed by atoms with Gasteiger partial charge in [-0.05, 0) is 101 Å². The standard InChI is InChI=1S/C27H45NO3/c1-20-9-12-24-26(2,14-8-15-27(24,3)25(29)30-4)22(20)11-10-21-13-18-31-23(21)19-28-16-6-5-7-17-28/h21-24H,1,5-19H2,2-4H3/t21?,22-,23?,24-,26+,27-/m0/s1. The molecule has 2 saturated carbocycles. The first kappa shape index (κ1) is 23.3. The number of ether oxygens (including phenoxy) is 2. The normalized spacial score (nSPS) is 41.7. The monoisotopic (exact) mass is 431 g/mol. The summed E-state index contributed by atoms with van der Waals surface area (Å²) < 4.78 is 11.5. The molecular weight excluding hydrogens is 386 g/mol. The van der Waals surface area contributed by atoms with Gasteiger partial charge in [0.15, 0.2) is 0 Å². The Kier molecular flexibility index (Phi) is 7.18. The largest absolute Gasteiger partial charge is 0.469 e. The Hall–Kier alpha value is -0.870. The van der Waals surface area contributed by atoms with Crippen LogP contribution >= 0.6 is 0 Å². The molecule has 6 atom stereocenters. The number of hydrogen-bond acceptors (Lipinski definition) is 4. The van der Waals surface area contributed by atoms with Gasteiger partial charge in [-0.1, -0.05) is 31.9 Å². The maximum Gasteiger partial charge on any atom is 0.311 e. The first-order chi connectivity index (χ1) is 14.9. The summed E-state index contributed by atoms with van der Waals surface area (Å²) in [6, 6.07) is 0. The van der Waals surface area contributed by atoms with Crippen molar-refractivity contribution in [2.75, 3.05) is 33.4 Å². The van der Waals surface area contributed by atoms with Gasteiger partial charge in [0.05, 0.1) is 18.6 Å². The smallest absolute Gasteiger partial charge is 0.311 e. The minimum Gasteiger partial charge on any atom is -0.469 e. The Balaban J connectivity index is 1.43. The summed E-state index contributed by atoms with van der Waals surface area (Å²) in [7, 11) is 1.56. The van der Waals surface area contributed by atoms with Crippen molar-refractivity contribution < 1.29 is 14.3 Å². The molecule has 4 fully saturated rings. The van der Waals surface area contributed by atoms with E-state index >= 15 is 0 Å². The lowest BCUT2D eigenvalue weighted by molar-refractivity contribution is -0.168. The van der Waals surface area contributed by atoms with E-state index in [1.54, 1.807) is 7.11 Å². The average molecular weight is 432 g/mol. The van der Waals surface area contributed by atoms with Crippen molar-refractivity contribution >= 4 is 5.97 Å². The van der Waals surface area contributed by atoms with Crippen molar-refractivity contribution in [2.45, 2.75) is 90.6 Å². The first-order valence-electron chi connectivity index (χ1n) is 13.0. The summed E-state index contributed by atoms with van der Waals surface area (Å²) in [6.07, 6.45) is 13.6. The van der Waals surface area contributed by atoms with Crippen molar-refractivity contribution in [1.82, 2.24) is 4.90 Å². The molecule has 4 nitrogen and oxygen atoms in total. The number of allylic oxidation sites excluding steroid dienone is 1. The number of methoxy groups -OCH3 is 1. The summed E-state index contributed by atoms with van der Waals surface area (Å²) >= 11 is 0. The number of nitrogens with zero attached hydrogens (tertiary/aromatic N) is 1. The molecule has 0 radical (unpaired) electrons. The Morgan fingerprint density at radius 1 is 1.13 bits per heavy atom. The van der Waals surface area contributed by atoms with Crippen molar-refractivity contribution in [1.29, 1.82) is 0 Å². The quantitative estimate of drug-likeness (QED) is 0.405. The van der Waals surface area contributed by atoms with Gasteiger partial charge in [0.1, 0.15) is 0 Å². The second-order valence-corrected chi connectivity index (χ2v) is 11.5. The lowest BCUT2D eigenvalue weighted by atomic mass is 9.46. The number of piperidine rings is 1. The second-order valence-electron chi connectivity index (χ2n) is 11.5. The fourth-order valence-corrected chi connectivity index (χ4v) is 7.96. The third kappa shape index (κ3) is 4.49. The predicted molar refractivity (Wildman–Crippen MR) is 125 cm³/mol. The Morgan fingerprint density at radius 3 is 2.65 bits per heavy atom. The highest BCUT2D eigenvalue weighted by atomic mass is 16.5. The maximum absolute atomic E-state index is 12.8. The van der Waals surface area contributed by atoms with Gasteiger partial charge >= 0.3 is 5.97 Å². The molecule has 0 aromatic heterocycles. The molecule has 4 heteroatoms. The Labute approximate surface area is 190 Å². The maximum atomic E-state index is 12.8. The molecule has 2 aliphatic carbocycles. The molecule has 4 aliphatic rings. The first-order valence-corrected chi connectivity index (χ1v) is 13.0. The van der Waals surface area contributed by atoms with E-state index in [1.807, 2.05) is 0 Å². The number of fused-ring (bicyclic) bond motifs is 1. The summed E-state index contributed by atoms with van der Waals surface area (Å²) in [5, 5.41) is 0. The summed E-state index contributed by atoms with van der Waals surface area (Å²) in [5.74, 6) is 1.60. The van der Waals surface area contributed by atoms with Crippen molar-refractivity contribution in [3.05, 3.63) is 12.2 Å². The molecule has 0 N–H and O–H groups in total. The SMILES string of the molecule is C=C1CC[C@H]2[C@](C)(CCC[C@]2(C)C(=O)OC)[C@H]1CCC1CCOC1CN1CCCCC1. The van der Waals surface area contributed by atoms with Gasteiger partial charge in [-0.3, -0.25) is 4.79 Å². The number of carbonyl (C=O) groups is 1. The van der Waals surface area contributed by atoms with E-state index in [-0.39, 0.29) is 16.8 Å². The van der Waals surface area contributed by atoms with E-state index < -0.39 is 0 Å². The van der Waals surface area contributed by atoms with Crippen LogP contribution in [0.5, 0.6) is 0 Å². The van der Waals surface area contributed by atoms with E-state index in [9.17, 15) is 4.79 Å². The zero-order valence-electron chi connectivity index (χ0n) is 20.3. The summed E-state index contributed by atoms with van der Waals surface area (Å²) in [4.78, 5) is 15.4. The average Bonchev–Trinajstić information content (AvgIpc) is 3.20. The van der Waals surface area contributed by atoms with E-state index in [0.717, 1.165) is 38.8 Å². The van der Waals surface area contributed by atoms with Crippen LogP contribution in [-0.4, -0.2) is 50.3 Å². The lowest BCUT2D eigenvalue weighted by Crippen LogP contribution is -2.53. The van der Waals surface area contributed by atoms with Crippen LogP contribution in [0.25, 0.3) is 0 Å². The molecule has 2 aliphatic heterocycles. The third-order valence-electron chi connectivity index (χ3n) is 9.73. The Morgan fingerprint density at radius 2 is 1.90 bits per heavy atom. The number of rotatable bonds is 6. The molecule has 4 rings (SSSR count). The van der Waals surface area contributed by atoms with Crippen LogP contribution in [0.15, 0.2) is 12.2 Å². The van der Waals surface area contributed by atoms with E-state index in [4.69, 9.17) is 9.47 Å². The van der Waals surface area contributed by atoms with E-state index in [0.29, 0.717) is 23.9 Å². The van der Waals surface area contributed by atoms with Crippen molar-refractivity contribution in [2.24, 2.45) is 28.6 Å². The van der Waals surface area contributed by atoms with Crippen molar-refractivity contribution in [3.63, 3.8) is 0 Å².